The van der Waals surface area contributed by atoms with Crippen LogP contribution in [-0.4, -0.2) is 27.0 Å². The van der Waals surface area contributed by atoms with Crippen molar-refractivity contribution in [3.8, 4) is 11.3 Å². The number of hydrogen-bond donors (Lipinski definition) is 1. The van der Waals surface area contributed by atoms with Crippen molar-refractivity contribution in [1.29, 1.82) is 0 Å². The van der Waals surface area contributed by atoms with E-state index in [1.165, 1.54) is 13.3 Å². The molecular weight excluding hydrogens is 218 g/mol. The highest BCUT2D eigenvalue weighted by Crippen LogP contribution is 2.25. The van der Waals surface area contributed by atoms with Crippen LogP contribution in [0.5, 0.6) is 0 Å². The Morgan fingerprint density at radius 2 is 2.00 bits per heavy atom. The topological polar surface area (TPSA) is 75.7 Å². The summed E-state index contributed by atoms with van der Waals surface area (Å²) in [4.78, 5) is 33.2. The van der Waals surface area contributed by atoms with Crippen LogP contribution in [0, 0.1) is 6.92 Å². The lowest BCUT2D eigenvalue weighted by Gasteiger charge is -1.97. The summed E-state index contributed by atoms with van der Waals surface area (Å²) in [5, 5.41) is 0. The van der Waals surface area contributed by atoms with E-state index >= 15 is 0 Å². The van der Waals surface area contributed by atoms with E-state index in [-0.39, 0.29) is 5.78 Å². The van der Waals surface area contributed by atoms with Gasteiger partial charge in [-0.15, -0.1) is 0 Å². The second-order valence-corrected chi connectivity index (χ2v) is 3.71. The molecule has 0 aromatic carbocycles. The van der Waals surface area contributed by atoms with E-state index in [2.05, 4.69) is 15.0 Å². The predicted molar refractivity (Wildman–Crippen MR) is 61.9 cm³/mol. The molecule has 0 aliphatic rings. The Kier molecular flexibility index (Phi) is 2.82. The van der Waals surface area contributed by atoms with Gasteiger partial charge in [-0.2, -0.15) is 0 Å². The Hall–Kier alpha value is -2.30. The van der Waals surface area contributed by atoms with Gasteiger partial charge in [-0.25, -0.2) is 9.97 Å². The molecule has 0 spiro atoms. The average Bonchev–Trinajstić information content (AvgIpc) is 2.67. The van der Waals surface area contributed by atoms with Crippen molar-refractivity contribution in [2.45, 2.75) is 13.8 Å². The minimum Gasteiger partial charge on any atom is -0.351 e. The van der Waals surface area contributed by atoms with Gasteiger partial charge in [-0.3, -0.25) is 9.59 Å². The number of nitrogens with zero attached hydrogens (tertiary/aromatic N) is 2. The number of rotatable bonds is 3. The van der Waals surface area contributed by atoms with Gasteiger partial charge in [0.2, 0.25) is 0 Å². The normalized spacial score (nSPS) is 10.2. The van der Waals surface area contributed by atoms with Gasteiger partial charge in [-0.1, -0.05) is 0 Å². The van der Waals surface area contributed by atoms with Crippen molar-refractivity contribution in [2.24, 2.45) is 0 Å². The largest absolute Gasteiger partial charge is 0.351 e. The summed E-state index contributed by atoms with van der Waals surface area (Å²) < 4.78 is 0. The molecule has 86 valence electrons. The molecule has 0 amide bonds. The molecule has 2 aromatic rings. The average molecular weight is 229 g/mol. The quantitative estimate of drug-likeness (QED) is 0.643. The van der Waals surface area contributed by atoms with E-state index in [1.807, 2.05) is 0 Å². The fourth-order valence-electron chi connectivity index (χ4n) is 1.76. The maximum Gasteiger partial charge on any atom is 0.176 e. The summed E-state index contributed by atoms with van der Waals surface area (Å²) in [5.74, 6) is -0.103. The fourth-order valence-corrected chi connectivity index (χ4v) is 1.76. The van der Waals surface area contributed by atoms with E-state index in [9.17, 15) is 9.59 Å². The van der Waals surface area contributed by atoms with Gasteiger partial charge >= 0.3 is 0 Å². The third kappa shape index (κ3) is 1.87. The van der Waals surface area contributed by atoms with Crippen molar-refractivity contribution in [1.82, 2.24) is 15.0 Å². The van der Waals surface area contributed by atoms with Crippen LogP contribution in [0.15, 0.2) is 18.7 Å². The van der Waals surface area contributed by atoms with Gasteiger partial charge in [-0.05, 0) is 12.5 Å². The van der Waals surface area contributed by atoms with Gasteiger partial charge in [0, 0.05) is 30.4 Å². The molecule has 2 rings (SSSR count). The van der Waals surface area contributed by atoms with Gasteiger partial charge in [0.05, 0.1) is 11.4 Å². The summed E-state index contributed by atoms with van der Waals surface area (Å²) >= 11 is 0. The number of nitrogens with one attached hydrogen (secondary N) is 1. The van der Waals surface area contributed by atoms with E-state index in [0.29, 0.717) is 28.1 Å². The Morgan fingerprint density at radius 1 is 1.35 bits per heavy atom. The standard InChI is InChI=1S/C12H11N3O2/c1-7-10(5-16)12(15-11(7)8(2)17)9-3-13-6-14-4-9/h3-6,15H,1-2H3. The first kappa shape index (κ1) is 11.2. The molecule has 0 atom stereocenters. The Labute approximate surface area is 97.9 Å². The van der Waals surface area contributed by atoms with Gasteiger partial charge in [0.15, 0.2) is 12.1 Å². The summed E-state index contributed by atoms with van der Waals surface area (Å²) in [7, 11) is 0. The molecule has 2 heterocycles. The minimum absolute atomic E-state index is 0.103. The van der Waals surface area contributed by atoms with Crippen molar-refractivity contribution in [3.05, 3.63) is 35.5 Å². The zero-order valence-electron chi connectivity index (χ0n) is 9.52. The number of Topliss-reactive ketones (excluding diaryl/α,β-unsaturated/α-hetero) is 1. The Balaban J connectivity index is 2.66. The van der Waals surface area contributed by atoms with E-state index in [0.717, 1.165) is 6.29 Å². The first-order valence-electron chi connectivity index (χ1n) is 5.09. The molecule has 0 aliphatic heterocycles. The van der Waals surface area contributed by atoms with E-state index < -0.39 is 0 Å². The number of H-pyrrole nitrogens is 1. The highest BCUT2D eigenvalue weighted by atomic mass is 16.1. The molecule has 2 aromatic heterocycles. The number of hydrogen-bond acceptors (Lipinski definition) is 4. The van der Waals surface area contributed by atoms with Crippen LogP contribution >= 0.6 is 0 Å². The number of aromatic nitrogens is 3. The lowest BCUT2D eigenvalue weighted by Crippen LogP contribution is -1.94. The first-order valence-corrected chi connectivity index (χ1v) is 5.09. The molecule has 1 N–H and O–H groups in total. The molecule has 0 fully saturated rings. The number of aldehydes is 1. The lowest BCUT2D eigenvalue weighted by molar-refractivity contribution is 0.101. The Bertz CT molecular complexity index is 573. The second-order valence-electron chi connectivity index (χ2n) is 3.71. The number of aromatic amines is 1. The van der Waals surface area contributed by atoms with Crippen LogP contribution in [0.3, 0.4) is 0 Å². The summed E-state index contributed by atoms with van der Waals surface area (Å²) in [6.07, 6.45) is 5.33. The number of ketones is 1. The number of carbonyl (C=O) groups is 2. The van der Waals surface area contributed by atoms with Crippen LogP contribution in [0.25, 0.3) is 11.3 Å². The van der Waals surface area contributed by atoms with Crippen molar-refractivity contribution < 1.29 is 9.59 Å². The highest BCUT2D eigenvalue weighted by Gasteiger charge is 2.17. The Morgan fingerprint density at radius 3 is 2.53 bits per heavy atom. The van der Waals surface area contributed by atoms with E-state index in [4.69, 9.17) is 0 Å². The molecule has 0 saturated heterocycles. The second kappa shape index (κ2) is 4.29. The van der Waals surface area contributed by atoms with Gasteiger partial charge < -0.3 is 4.98 Å². The van der Waals surface area contributed by atoms with Crippen molar-refractivity contribution in [2.75, 3.05) is 0 Å². The van der Waals surface area contributed by atoms with Gasteiger partial charge in [0.25, 0.3) is 0 Å². The maximum absolute atomic E-state index is 11.4. The molecule has 0 saturated carbocycles. The smallest absolute Gasteiger partial charge is 0.176 e. The molecule has 0 bridgehead atoms. The first-order chi connectivity index (χ1) is 8.15. The SMILES string of the molecule is CC(=O)c1[nH]c(-c2cncnc2)c(C=O)c1C. The summed E-state index contributed by atoms with van der Waals surface area (Å²) in [6.45, 7) is 3.20. The zero-order chi connectivity index (χ0) is 12.4. The molecule has 17 heavy (non-hydrogen) atoms. The molecule has 0 radical (unpaired) electrons. The molecule has 5 heteroatoms. The molecular formula is C12H11N3O2. The van der Waals surface area contributed by atoms with Crippen molar-refractivity contribution >= 4 is 12.1 Å². The maximum atomic E-state index is 11.4. The van der Waals surface area contributed by atoms with Crippen LogP contribution in [0.2, 0.25) is 0 Å². The highest BCUT2D eigenvalue weighted by molar-refractivity contribution is 5.99. The van der Waals surface area contributed by atoms with Crippen LogP contribution < -0.4 is 0 Å². The third-order valence-corrected chi connectivity index (χ3v) is 2.62. The van der Waals surface area contributed by atoms with E-state index in [1.54, 1.807) is 19.3 Å². The molecule has 5 nitrogen and oxygen atoms in total. The zero-order valence-corrected chi connectivity index (χ0v) is 9.52. The molecule has 0 unspecified atom stereocenters. The van der Waals surface area contributed by atoms with Crippen LogP contribution in [0.1, 0.15) is 33.3 Å². The summed E-state index contributed by atoms with van der Waals surface area (Å²) in [6, 6.07) is 0. The third-order valence-electron chi connectivity index (χ3n) is 2.62. The van der Waals surface area contributed by atoms with Crippen LogP contribution in [0.4, 0.5) is 0 Å². The predicted octanol–water partition coefficient (Wildman–Crippen LogP) is 1.80. The molecule has 0 aliphatic carbocycles. The van der Waals surface area contributed by atoms with Gasteiger partial charge in [0.1, 0.15) is 6.33 Å². The number of carbonyl (C=O) groups excluding carboxylic acids is 2. The van der Waals surface area contributed by atoms with Crippen molar-refractivity contribution in [3.63, 3.8) is 0 Å². The van der Waals surface area contributed by atoms with Crippen LogP contribution in [-0.2, 0) is 0 Å². The minimum atomic E-state index is -0.103. The fraction of sp³-hybridized carbons (Fsp3) is 0.167. The monoisotopic (exact) mass is 229 g/mol. The summed E-state index contributed by atoms with van der Waals surface area (Å²) in [5.41, 5.74) is 2.86. The lowest BCUT2D eigenvalue weighted by atomic mass is 10.1.